The Labute approximate surface area is 240 Å². The Morgan fingerprint density at radius 1 is 0.902 bits per heavy atom. The second-order valence-corrected chi connectivity index (χ2v) is 11.5. The summed E-state index contributed by atoms with van der Waals surface area (Å²) in [6.45, 7) is 9.05. The summed E-state index contributed by atoms with van der Waals surface area (Å²) in [5.74, 6) is -0.932. The number of rotatable bonds is 7. The number of amides is 1. The van der Waals surface area contributed by atoms with Crippen LogP contribution >= 0.6 is 0 Å². The smallest absolute Gasteiger partial charge is 0.295 e. The first-order valence-corrected chi connectivity index (χ1v) is 13.7. The zero-order chi connectivity index (χ0) is 29.1. The minimum atomic E-state index is -0.741. The summed E-state index contributed by atoms with van der Waals surface area (Å²) in [4.78, 5) is 32.4. The van der Waals surface area contributed by atoms with Crippen LogP contribution in [-0.4, -0.2) is 26.7 Å². The van der Waals surface area contributed by atoms with Gasteiger partial charge in [-0.1, -0.05) is 74.9 Å². The van der Waals surface area contributed by atoms with Gasteiger partial charge in [-0.05, 0) is 71.0 Å². The van der Waals surface area contributed by atoms with E-state index < -0.39 is 17.7 Å². The molecule has 1 aliphatic heterocycles. The van der Waals surface area contributed by atoms with Gasteiger partial charge in [0.05, 0.1) is 11.6 Å². The third-order valence-corrected chi connectivity index (χ3v) is 7.35. The molecule has 0 bridgehead atoms. The second-order valence-electron chi connectivity index (χ2n) is 11.5. The number of ether oxygens (including phenoxy) is 1. The van der Waals surface area contributed by atoms with Crippen LogP contribution in [0.3, 0.4) is 0 Å². The highest BCUT2D eigenvalue weighted by Crippen LogP contribution is 2.41. The summed E-state index contributed by atoms with van der Waals surface area (Å²) in [5.41, 5.74) is 5.40. The molecule has 6 nitrogen and oxygen atoms in total. The number of Topliss-reactive ketones (excluding diaryl/α,β-unsaturated/α-hetero) is 1. The van der Waals surface area contributed by atoms with Crippen molar-refractivity contribution < 1.29 is 19.4 Å². The molecule has 0 radical (unpaired) electrons. The predicted molar refractivity (Wildman–Crippen MR) is 159 cm³/mol. The van der Waals surface area contributed by atoms with Crippen molar-refractivity contribution in [1.29, 1.82) is 0 Å². The number of ketones is 1. The first kappa shape index (κ1) is 27.8. The molecule has 0 spiro atoms. The molecule has 1 unspecified atom stereocenters. The molecule has 3 aromatic carbocycles. The SMILES string of the molecule is Cc1cccc(COc2ccc(C(O)=C3C(=O)C(=O)N(Cc4ccncc4)C3c3ccc(C(C)(C)C)cc3)cc2)c1. The van der Waals surface area contributed by atoms with Gasteiger partial charge in [0.25, 0.3) is 11.7 Å². The maximum absolute atomic E-state index is 13.4. The highest BCUT2D eigenvalue weighted by Gasteiger charge is 2.46. The molecule has 5 rings (SSSR count). The molecule has 0 aliphatic carbocycles. The third-order valence-electron chi connectivity index (χ3n) is 7.35. The largest absolute Gasteiger partial charge is 0.507 e. The molecule has 6 heteroatoms. The molecule has 4 aromatic rings. The number of carbonyl (C=O) groups is 2. The Hall–Kier alpha value is -4.71. The predicted octanol–water partition coefficient (Wildman–Crippen LogP) is 6.89. The molecule has 2 heterocycles. The Morgan fingerprint density at radius 3 is 2.22 bits per heavy atom. The van der Waals surface area contributed by atoms with Crippen molar-refractivity contribution in [2.24, 2.45) is 0 Å². The van der Waals surface area contributed by atoms with Gasteiger partial charge in [-0.3, -0.25) is 14.6 Å². The minimum absolute atomic E-state index is 0.0550. The van der Waals surface area contributed by atoms with Gasteiger partial charge in [0.2, 0.25) is 0 Å². The highest BCUT2D eigenvalue weighted by atomic mass is 16.5. The topological polar surface area (TPSA) is 79.7 Å². The van der Waals surface area contributed by atoms with Crippen molar-refractivity contribution in [1.82, 2.24) is 9.88 Å². The minimum Gasteiger partial charge on any atom is -0.507 e. The van der Waals surface area contributed by atoms with E-state index in [0.29, 0.717) is 17.9 Å². The zero-order valence-corrected chi connectivity index (χ0v) is 23.8. The maximum Gasteiger partial charge on any atom is 0.295 e. The van der Waals surface area contributed by atoms with E-state index in [2.05, 4.69) is 31.8 Å². The summed E-state index contributed by atoms with van der Waals surface area (Å²) in [6, 6.07) is 25.8. The zero-order valence-electron chi connectivity index (χ0n) is 23.8. The lowest BCUT2D eigenvalue weighted by molar-refractivity contribution is -0.140. The van der Waals surface area contributed by atoms with Crippen LogP contribution < -0.4 is 4.74 Å². The van der Waals surface area contributed by atoms with E-state index in [9.17, 15) is 14.7 Å². The van der Waals surface area contributed by atoms with Gasteiger partial charge in [0.15, 0.2) is 0 Å². The van der Waals surface area contributed by atoms with E-state index in [1.54, 1.807) is 36.7 Å². The number of benzene rings is 3. The van der Waals surface area contributed by atoms with Crippen LogP contribution in [0, 0.1) is 6.92 Å². The van der Waals surface area contributed by atoms with Crippen LogP contribution in [0.25, 0.3) is 5.76 Å². The van der Waals surface area contributed by atoms with Crippen LogP contribution in [0.1, 0.15) is 60.2 Å². The Bertz CT molecular complexity index is 1580. The van der Waals surface area contributed by atoms with Crippen molar-refractivity contribution in [2.75, 3.05) is 0 Å². The van der Waals surface area contributed by atoms with Gasteiger partial charge >= 0.3 is 0 Å². The number of aliphatic hydroxyl groups excluding tert-OH is 1. The van der Waals surface area contributed by atoms with Crippen LogP contribution in [0.2, 0.25) is 0 Å². The van der Waals surface area contributed by atoms with E-state index in [1.807, 2.05) is 61.5 Å². The van der Waals surface area contributed by atoms with Gasteiger partial charge in [0.1, 0.15) is 18.1 Å². The number of nitrogens with zero attached hydrogens (tertiary/aromatic N) is 2. The number of pyridine rings is 1. The van der Waals surface area contributed by atoms with Crippen molar-refractivity contribution in [3.8, 4) is 5.75 Å². The monoisotopic (exact) mass is 546 g/mol. The normalized spacial score (nSPS) is 16.7. The Balaban J connectivity index is 1.49. The molecular weight excluding hydrogens is 512 g/mol. The fourth-order valence-corrected chi connectivity index (χ4v) is 5.07. The van der Waals surface area contributed by atoms with Gasteiger partial charge < -0.3 is 14.7 Å². The fourth-order valence-electron chi connectivity index (χ4n) is 5.07. The lowest BCUT2D eigenvalue weighted by atomic mass is 9.85. The summed E-state index contributed by atoms with van der Waals surface area (Å²) < 4.78 is 5.93. The van der Waals surface area contributed by atoms with Crippen molar-refractivity contribution >= 4 is 17.4 Å². The van der Waals surface area contributed by atoms with E-state index in [0.717, 1.165) is 27.8 Å². The van der Waals surface area contributed by atoms with Gasteiger partial charge in [-0.15, -0.1) is 0 Å². The van der Waals surface area contributed by atoms with Crippen LogP contribution in [-0.2, 0) is 28.2 Å². The number of aromatic nitrogens is 1. The fraction of sp³-hybridized carbons (Fsp3) is 0.229. The van der Waals surface area contributed by atoms with E-state index in [1.165, 1.54) is 4.90 Å². The number of aryl methyl sites for hydroxylation is 1. The Kier molecular flexibility index (Phi) is 7.75. The average molecular weight is 547 g/mol. The number of likely N-dealkylation sites (tertiary alicyclic amines) is 1. The first-order chi connectivity index (χ1) is 19.6. The van der Waals surface area contributed by atoms with Crippen molar-refractivity contribution in [2.45, 2.75) is 52.3 Å². The molecule has 1 aromatic heterocycles. The Morgan fingerprint density at radius 2 is 1.59 bits per heavy atom. The quantitative estimate of drug-likeness (QED) is 0.155. The summed E-state index contributed by atoms with van der Waals surface area (Å²) >= 11 is 0. The van der Waals surface area contributed by atoms with E-state index in [-0.39, 0.29) is 23.3 Å². The van der Waals surface area contributed by atoms with Crippen LogP contribution in [0.15, 0.2) is 103 Å². The molecule has 208 valence electrons. The molecule has 1 N–H and O–H groups in total. The highest BCUT2D eigenvalue weighted by molar-refractivity contribution is 6.46. The average Bonchev–Trinajstić information content (AvgIpc) is 3.21. The molecule has 1 amide bonds. The molecule has 1 fully saturated rings. The lowest BCUT2D eigenvalue weighted by Gasteiger charge is -2.26. The summed E-state index contributed by atoms with van der Waals surface area (Å²) in [5, 5.41) is 11.5. The standard InChI is InChI=1S/C35H34N2O4/c1-23-6-5-7-25(20-23)22-41-29-14-10-27(11-15-29)32(38)30-31(26-8-12-28(13-9-26)35(2,3)4)37(34(40)33(30)39)21-24-16-18-36-19-17-24/h5-20,31,38H,21-22H2,1-4H3. The van der Waals surface area contributed by atoms with E-state index in [4.69, 9.17) is 4.74 Å². The molecule has 1 aliphatic rings. The van der Waals surface area contributed by atoms with Gasteiger partial charge in [0, 0.05) is 24.5 Å². The number of carbonyl (C=O) groups excluding carboxylic acids is 2. The second kappa shape index (κ2) is 11.4. The first-order valence-electron chi connectivity index (χ1n) is 13.7. The number of hydrogen-bond donors (Lipinski definition) is 1. The molecular formula is C35H34N2O4. The van der Waals surface area contributed by atoms with Crippen molar-refractivity contribution in [3.63, 3.8) is 0 Å². The molecule has 41 heavy (non-hydrogen) atoms. The van der Waals surface area contributed by atoms with Crippen LogP contribution in [0.5, 0.6) is 5.75 Å². The number of hydrogen-bond acceptors (Lipinski definition) is 5. The van der Waals surface area contributed by atoms with Gasteiger partial charge in [-0.2, -0.15) is 0 Å². The lowest BCUT2D eigenvalue weighted by Crippen LogP contribution is -2.29. The molecule has 0 saturated carbocycles. The molecule has 1 atom stereocenters. The van der Waals surface area contributed by atoms with Crippen molar-refractivity contribution in [3.05, 3.63) is 136 Å². The van der Waals surface area contributed by atoms with Crippen LogP contribution in [0.4, 0.5) is 0 Å². The summed E-state index contributed by atoms with van der Waals surface area (Å²) in [6.07, 6.45) is 3.31. The van der Waals surface area contributed by atoms with Gasteiger partial charge in [-0.25, -0.2) is 0 Å². The molecule has 1 saturated heterocycles. The third kappa shape index (κ3) is 6.07. The maximum atomic E-state index is 13.4. The number of aliphatic hydroxyl groups is 1. The van der Waals surface area contributed by atoms with E-state index >= 15 is 0 Å². The summed E-state index contributed by atoms with van der Waals surface area (Å²) in [7, 11) is 0.